The van der Waals surface area contributed by atoms with E-state index in [0.29, 0.717) is 82.7 Å². The molecule has 3 amide bonds. The molecule has 384 valence electrons. The van der Waals surface area contributed by atoms with Gasteiger partial charge in [-0.15, -0.1) is 0 Å². The smallest absolute Gasteiger partial charge is 0.319 e. The number of carbonyl (C=O) groups is 7. The number of aliphatic carboxylic acids is 3. The van der Waals surface area contributed by atoms with Gasteiger partial charge in [-0.25, -0.2) is 4.79 Å². The number of amides is 3. The molecule has 1 heterocycles. The lowest BCUT2D eigenvalue weighted by molar-refractivity contribution is -0.140. The van der Waals surface area contributed by atoms with Crippen molar-refractivity contribution < 1.29 is 48.9 Å². The fourth-order valence-corrected chi connectivity index (χ4v) is 8.80. The number of carbonyl (C=O) groups excluding carboxylic acids is 4. The quantitative estimate of drug-likeness (QED) is 0.0365. The molecule has 0 saturated carbocycles. The number of hydrogen-bond acceptors (Lipinski definition) is 15. The second-order valence-electron chi connectivity index (χ2n) is 17.6. The number of carboxylic acid groups (broad SMARTS) is 3. The van der Waals surface area contributed by atoms with Crippen LogP contribution in [0.2, 0.25) is 0 Å². The molecule has 2 aromatic rings. The summed E-state index contributed by atoms with van der Waals surface area (Å²) < 4.78 is 0. The molecule has 3 atom stereocenters. The summed E-state index contributed by atoms with van der Waals surface area (Å²) in [4.78, 5) is 100. The number of carboxylic acids is 3. The Balaban J connectivity index is 1.53. The van der Waals surface area contributed by atoms with Crippen molar-refractivity contribution in [2.24, 2.45) is 16.8 Å². The first-order valence-electron chi connectivity index (χ1n) is 23.7. The molecule has 0 aromatic heterocycles. The van der Waals surface area contributed by atoms with Crippen LogP contribution in [0.1, 0.15) is 63.5 Å². The number of isothiocyanates is 1. The van der Waals surface area contributed by atoms with E-state index in [0.717, 1.165) is 21.7 Å². The minimum Gasteiger partial charge on any atom is -0.480 e. The molecule has 21 heteroatoms. The molecule has 0 aliphatic carbocycles. The molecule has 0 unspecified atom stereocenters. The van der Waals surface area contributed by atoms with Gasteiger partial charge in [0, 0.05) is 89.8 Å². The number of Topliss-reactive ketones (excluding diaryl/α,β-unsaturated/α-hetero) is 2. The normalized spacial score (nSPS) is 15.7. The highest BCUT2D eigenvalue weighted by atomic mass is 32.2. The van der Waals surface area contributed by atoms with Gasteiger partial charge in [0.05, 0.1) is 43.1 Å². The van der Waals surface area contributed by atoms with Crippen molar-refractivity contribution in [1.29, 1.82) is 0 Å². The van der Waals surface area contributed by atoms with E-state index in [1.54, 1.807) is 50.7 Å². The number of aliphatic imine (C=N–C) groups is 1. The van der Waals surface area contributed by atoms with E-state index >= 15 is 0 Å². The second-order valence-corrected chi connectivity index (χ2v) is 19.3. The first-order chi connectivity index (χ1) is 33.5. The summed E-state index contributed by atoms with van der Waals surface area (Å²) in [5.74, 6) is -3.59. The summed E-state index contributed by atoms with van der Waals surface area (Å²) >= 11 is 11.8. The van der Waals surface area contributed by atoms with Gasteiger partial charge in [-0.05, 0) is 96.1 Å². The summed E-state index contributed by atoms with van der Waals surface area (Å²) in [5, 5.41) is 39.4. The topological polar surface area (TPSA) is 242 Å². The van der Waals surface area contributed by atoms with Crippen molar-refractivity contribution in [2.75, 3.05) is 102 Å². The first kappa shape index (κ1) is 59.3. The van der Waals surface area contributed by atoms with Gasteiger partial charge in [-0.1, -0.05) is 56.8 Å². The Hall–Kier alpha value is -4.99. The van der Waals surface area contributed by atoms with E-state index in [-0.39, 0.29) is 88.6 Å². The van der Waals surface area contributed by atoms with Gasteiger partial charge in [-0.3, -0.25) is 48.4 Å². The van der Waals surface area contributed by atoms with Crippen LogP contribution in [0.25, 0.3) is 0 Å². The fourth-order valence-electron chi connectivity index (χ4n) is 7.91. The number of aryl methyl sites for hydroxylation is 1. The Kier molecular flexibility index (Phi) is 27.8. The Morgan fingerprint density at radius 3 is 1.76 bits per heavy atom. The molecule has 18 nitrogen and oxygen atoms in total. The molecule has 1 saturated heterocycles. The molecule has 1 aliphatic heterocycles. The molecule has 2 aromatic carbocycles. The first-order valence-corrected chi connectivity index (χ1v) is 25.9. The van der Waals surface area contributed by atoms with Crippen LogP contribution in [-0.2, 0) is 41.6 Å². The zero-order chi connectivity index (χ0) is 51.4. The largest absolute Gasteiger partial charge is 0.480 e. The van der Waals surface area contributed by atoms with E-state index in [9.17, 15) is 48.9 Å². The number of anilines is 1. The Labute approximate surface area is 426 Å². The molecule has 0 bridgehead atoms. The third kappa shape index (κ3) is 24.2. The van der Waals surface area contributed by atoms with Crippen molar-refractivity contribution in [3.05, 3.63) is 59.7 Å². The van der Waals surface area contributed by atoms with Crippen LogP contribution >= 0.6 is 36.2 Å². The number of rotatable bonds is 29. The molecule has 0 spiro atoms. The molecule has 3 rings (SSSR count). The average molecular weight is 1030 g/mol. The van der Waals surface area contributed by atoms with Crippen molar-refractivity contribution in [3.63, 3.8) is 0 Å². The number of thioether (sulfide) groups is 1. The van der Waals surface area contributed by atoms with Crippen LogP contribution in [0.5, 0.6) is 0 Å². The molecule has 1 aliphatic rings. The highest BCUT2D eigenvalue weighted by Crippen LogP contribution is 2.22. The average Bonchev–Trinajstić information content (AvgIpc) is 3.31. The van der Waals surface area contributed by atoms with Gasteiger partial charge in [-0.2, -0.15) is 16.8 Å². The van der Waals surface area contributed by atoms with Crippen molar-refractivity contribution in [1.82, 2.24) is 30.2 Å². The lowest BCUT2D eigenvalue weighted by atomic mass is 9.85. The highest BCUT2D eigenvalue weighted by Gasteiger charge is 2.31. The fraction of sp³-hybridized carbons (Fsp3) is 0.571. The van der Waals surface area contributed by atoms with Crippen molar-refractivity contribution in [2.45, 2.75) is 71.3 Å². The minimum atomic E-state index is -1.03. The predicted octanol–water partition coefficient (Wildman–Crippen LogP) is 4.77. The summed E-state index contributed by atoms with van der Waals surface area (Å²) in [6, 6.07) is 13.3. The Morgan fingerprint density at radius 1 is 0.757 bits per heavy atom. The van der Waals surface area contributed by atoms with E-state index in [4.69, 9.17) is 12.2 Å². The standard InChI is InChI=1S/C49H70N8O10S3/c1-4-35(2)42(48(66)50-18-5-6-41(69)28-37-9-12-38(13-10-37)51-34-68)29-44(59)43(17-27-70-3)53-49(67)52-39-14-7-36(8-15-39)11-16-40(58)30-54-19-21-55(31-45(60)61)23-25-57(33-47(64)65)26-24-56(22-20-54)32-46(62)63/h7-10,12-15,35,42-43H,4-6,11,16-33H2,1-3H3,(H,50,66)(H,60,61)(H,62,63)(H,64,65)(H2,52,53,67)/t35-,42-,43-/m0/s1. The maximum Gasteiger partial charge on any atom is 0.319 e. The van der Waals surface area contributed by atoms with E-state index < -0.39 is 35.9 Å². The maximum absolute atomic E-state index is 13.8. The lowest BCUT2D eigenvalue weighted by Gasteiger charge is -2.32. The van der Waals surface area contributed by atoms with Crippen LogP contribution in [0, 0.1) is 11.8 Å². The third-order valence-corrected chi connectivity index (χ3v) is 13.2. The van der Waals surface area contributed by atoms with E-state index in [1.165, 1.54) is 0 Å². The number of ketones is 2. The summed E-state index contributed by atoms with van der Waals surface area (Å²) in [5.41, 5.74) is 3.12. The number of hydrogen-bond donors (Lipinski definition) is 6. The number of nitrogens with zero attached hydrogens (tertiary/aromatic N) is 5. The van der Waals surface area contributed by atoms with Crippen molar-refractivity contribution in [3.8, 4) is 0 Å². The number of thiocarbonyl (C=S) groups is 2. The molecule has 0 radical (unpaired) electrons. The second kappa shape index (κ2) is 32.8. The van der Waals surface area contributed by atoms with Gasteiger partial charge in [0.2, 0.25) is 5.91 Å². The molecular weight excluding hydrogens is 957 g/mol. The van der Waals surface area contributed by atoms with Gasteiger partial charge in [0.25, 0.3) is 0 Å². The highest BCUT2D eigenvalue weighted by molar-refractivity contribution is 7.98. The van der Waals surface area contributed by atoms with Crippen LogP contribution in [-0.4, -0.2) is 189 Å². The Morgan fingerprint density at radius 2 is 1.27 bits per heavy atom. The van der Waals surface area contributed by atoms with Crippen LogP contribution in [0.3, 0.4) is 0 Å². The van der Waals surface area contributed by atoms with Gasteiger partial charge in [0.15, 0.2) is 5.78 Å². The molecule has 1 fully saturated rings. The SMILES string of the molecule is CC[C@H](C)[C@H](CC(=O)[C@H](CCSC)NC(=O)Nc1ccc(CCC(=O)CN2CCN(CC(=O)O)CCN(CC(=O)O)CCN(CC(=O)O)CC2)cc1)C(=O)NCCCC(=S)Cc1ccc(N=C=S)cc1. The van der Waals surface area contributed by atoms with Gasteiger partial charge >= 0.3 is 23.9 Å². The predicted molar refractivity (Wildman–Crippen MR) is 280 cm³/mol. The van der Waals surface area contributed by atoms with Crippen molar-refractivity contribution >= 4 is 99.0 Å². The van der Waals surface area contributed by atoms with Crippen LogP contribution in [0.4, 0.5) is 16.2 Å². The molecule has 70 heavy (non-hydrogen) atoms. The van der Waals surface area contributed by atoms with Crippen LogP contribution in [0.15, 0.2) is 53.5 Å². The number of benzene rings is 2. The zero-order valence-electron chi connectivity index (χ0n) is 40.6. The Bertz CT molecular complexity index is 2060. The minimum absolute atomic E-state index is 0.0194. The van der Waals surface area contributed by atoms with Crippen LogP contribution < -0.4 is 16.0 Å². The summed E-state index contributed by atoms with van der Waals surface area (Å²) in [6.07, 6.45) is 5.54. The molecular formula is C49H70N8O10S3. The molecule has 6 N–H and O–H groups in total. The van der Waals surface area contributed by atoms with Gasteiger partial charge < -0.3 is 31.3 Å². The summed E-state index contributed by atoms with van der Waals surface area (Å²) in [6.45, 7) is 6.11. The van der Waals surface area contributed by atoms with E-state index in [1.807, 2.05) is 49.3 Å². The zero-order valence-corrected chi connectivity index (χ0v) is 43.0. The maximum atomic E-state index is 13.8. The monoisotopic (exact) mass is 1030 g/mol. The lowest BCUT2D eigenvalue weighted by Crippen LogP contribution is -2.49. The third-order valence-electron chi connectivity index (χ3n) is 12.1. The summed E-state index contributed by atoms with van der Waals surface area (Å²) in [7, 11) is 0. The number of nitrogens with one attached hydrogen (secondary N) is 3. The van der Waals surface area contributed by atoms with E-state index in [2.05, 4.69) is 38.3 Å². The number of urea groups is 1. The van der Waals surface area contributed by atoms with Gasteiger partial charge in [0.1, 0.15) is 5.78 Å².